The van der Waals surface area contributed by atoms with Gasteiger partial charge in [0.05, 0.1) is 12.7 Å². The Bertz CT molecular complexity index is 103. The Morgan fingerprint density at radius 2 is 2.38 bits per heavy atom. The zero-order chi connectivity index (χ0) is 5.98. The summed E-state index contributed by atoms with van der Waals surface area (Å²) in [5.74, 6) is 0. The average molecular weight is 133 g/mol. The second kappa shape index (κ2) is 2.27. The molecule has 8 heavy (non-hydrogen) atoms. The molecule has 0 aromatic carbocycles. The van der Waals surface area contributed by atoms with E-state index in [-0.39, 0.29) is 0 Å². The molecule has 0 saturated carbocycles. The first-order chi connectivity index (χ1) is 3.83. The van der Waals surface area contributed by atoms with E-state index >= 15 is 0 Å². The molecular weight excluding hydrogens is 124 g/mol. The predicted molar refractivity (Wildman–Crippen MR) is 34.3 cm³/mol. The quantitative estimate of drug-likeness (QED) is 0.386. The Kier molecular flexibility index (Phi) is 1.63. The van der Waals surface area contributed by atoms with Gasteiger partial charge in [0, 0.05) is 19.4 Å². The lowest BCUT2D eigenvalue weighted by Gasteiger charge is -2.13. The molecule has 0 aromatic rings. The van der Waals surface area contributed by atoms with Gasteiger partial charge in [-0.2, -0.15) is 0 Å². The summed E-state index contributed by atoms with van der Waals surface area (Å²) in [7, 11) is 2.02. The first-order valence-electron chi connectivity index (χ1n) is 2.51. The van der Waals surface area contributed by atoms with Crippen molar-refractivity contribution in [1.82, 2.24) is 9.80 Å². The third kappa shape index (κ3) is 1.07. The first kappa shape index (κ1) is 5.76. The summed E-state index contributed by atoms with van der Waals surface area (Å²) in [6, 6.07) is 0.584. The highest BCUT2D eigenvalue weighted by molar-refractivity contribution is 6.17. The maximum atomic E-state index is 5.52. The molecule has 0 aliphatic carbocycles. The van der Waals surface area contributed by atoms with Gasteiger partial charge in [-0.25, -0.2) is 0 Å². The Labute approximate surface area is 54.3 Å². The van der Waals surface area contributed by atoms with Crippen LogP contribution >= 0.6 is 11.6 Å². The zero-order valence-electron chi connectivity index (χ0n) is 4.84. The van der Waals surface area contributed by atoms with Crippen molar-refractivity contribution < 1.29 is 0 Å². The van der Waals surface area contributed by atoms with Crippen molar-refractivity contribution in [2.24, 2.45) is 0 Å². The van der Waals surface area contributed by atoms with E-state index in [2.05, 4.69) is 4.90 Å². The van der Waals surface area contributed by atoms with Gasteiger partial charge in [0.1, 0.15) is 0 Å². The van der Waals surface area contributed by atoms with Crippen molar-refractivity contribution in [2.75, 3.05) is 19.7 Å². The third-order valence-electron chi connectivity index (χ3n) is 1.09. The van der Waals surface area contributed by atoms with E-state index in [1.54, 1.807) is 0 Å². The SMILES string of the molecule is CN1C=CN(CCl)C1. The van der Waals surface area contributed by atoms with Crippen LogP contribution < -0.4 is 0 Å². The molecule has 0 saturated heterocycles. The standard InChI is InChI=1S/C5H9ClN2/c1-7-2-3-8(4-6)5-7/h2-3H,4-5H2,1H3. The maximum absolute atomic E-state index is 5.52. The van der Waals surface area contributed by atoms with Crippen LogP contribution in [0.15, 0.2) is 12.4 Å². The van der Waals surface area contributed by atoms with E-state index in [0.717, 1.165) is 6.67 Å². The molecule has 1 rings (SSSR count). The minimum Gasteiger partial charge on any atom is -0.362 e. The summed E-state index contributed by atoms with van der Waals surface area (Å²) in [4.78, 5) is 4.09. The van der Waals surface area contributed by atoms with E-state index in [1.807, 2.05) is 24.3 Å². The van der Waals surface area contributed by atoms with E-state index in [4.69, 9.17) is 11.6 Å². The molecule has 0 bridgehead atoms. The number of rotatable bonds is 1. The fourth-order valence-corrected chi connectivity index (χ4v) is 0.822. The number of nitrogens with zero attached hydrogens (tertiary/aromatic N) is 2. The summed E-state index contributed by atoms with van der Waals surface area (Å²) in [6.45, 7) is 0.920. The lowest BCUT2D eigenvalue weighted by molar-refractivity contribution is 0.329. The van der Waals surface area contributed by atoms with E-state index in [1.165, 1.54) is 0 Å². The molecule has 1 aliphatic rings. The molecule has 0 fully saturated rings. The fraction of sp³-hybridized carbons (Fsp3) is 0.600. The number of halogens is 1. The number of hydrogen-bond donors (Lipinski definition) is 0. The molecule has 1 aliphatic heterocycles. The highest BCUT2D eigenvalue weighted by atomic mass is 35.5. The first-order valence-corrected chi connectivity index (χ1v) is 3.05. The molecule has 0 aromatic heterocycles. The van der Waals surface area contributed by atoms with E-state index in [9.17, 15) is 0 Å². The molecule has 0 amide bonds. The van der Waals surface area contributed by atoms with Crippen molar-refractivity contribution in [1.29, 1.82) is 0 Å². The molecule has 0 atom stereocenters. The van der Waals surface area contributed by atoms with Crippen LogP contribution in [0.3, 0.4) is 0 Å². The largest absolute Gasteiger partial charge is 0.362 e. The van der Waals surface area contributed by atoms with Crippen LogP contribution in [0.5, 0.6) is 0 Å². The Balaban J connectivity index is 2.34. The number of alkyl halides is 1. The second-order valence-electron chi connectivity index (χ2n) is 1.90. The average Bonchev–Trinajstić information content (AvgIpc) is 2.14. The highest BCUT2D eigenvalue weighted by Gasteiger charge is 2.04. The summed E-state index contributed by atoms with van der Waals surface area (Å²) in [5.41, 5.74) is 0. The minimum absolute atomic E-state index is 0.584. The fourth-order valence-electron chi connectivity index (χ4n) is 0.667. The molecule has 1 heterocycles. The van der Waals surface area contributed by atoms with Gasteiger partial charge >= 0.3 is 0 Å². The van der Waals surface area contributed by atoms with Gasteiger partial charge in [0.25, 0.3) is 0 Å². The summed E-state index contributed by atoms with van der Waals surface area (Å²) in [6.07, 6.45) is 3.98. The van der Waals surface area contributed by atoms with Gasteiger partial charge in [-0.1, -0.05) is 0 Å². The van der Waals surface area contributed by atoms with Gasteiger partial charge < -0.3 is 9.80 Å². The van der Waals surface area contributed by atoms with Crippen molar-refractivity contribution >= 4 is 11.6 Å². The van der Waals surface area contributed by atoms with Gasteiger partial charge in [0.2, 0.25) is 0 Å². The van der Waals surface area contributed by atoms with Gasteiger partial charge in [-0.05, 0) is 0 Å². The van der Waals surface area contributed by atoms with Crippen molar-refractivity contribution in [3.05, 3.63) is 12.4 Å². The minimum atomic E-state index is 0.584. The van der Waals surface area contributed by atoms with Crippen molar-refractivity contribution in [3.8, 4) is 0 Å². The molecular formula is C5H9ClN2. The Hall–Kier alpha value is -0.370. The van der Waals surface area contributed by atoms with Crippen LogP contribution in [-0.4, -0.2) is 29.5 Å². The lowest BCUT2D eigenvalue weighted by atomic mass is 10.9. The molecule has 2 nitrogen and oxygen atoms in total. The summed E-state index contributed by atoms with van der Waals surface area (Å²) in [5, 5.41) is 0. The normalized spacial score (nSPS) is 18.2. The van der Waals surface area contributed by atoms with Gasteiger partial charge in [-0.3, -0.25) is 0 Å². The monoisotopic (exact) mass is 132 g/mol. The van der Waals surface area contributed by atoms with Crippen LogP contribution in [0.4, 0.5) is 0 Å². The Morgan fingerprint density at radius 1 is 1.62 bits per heavy atom. The van der Waals surface area contributed by atoms with Crippen molar-refractivity contribution in [2.45, 2.75) is 0 Å². The third-order valence-corrected chi connectivity index (χ3v) is 1.40. The van der Waals surface area contributed by atoms with Crippen LogP contribution in [0, 0.1) is 0 Å². The van der Waals surface area contributed by atoms with Gasteiger partial charge in [0.15, 0.2) is 0 Å². The molecule has 0 N–H and O–H groups in total. The molecule has 0 spiro atoms. The molecule has 3 heteroatoms. The summed E-state index contributed by atoms with van der Waals surface area (Å²) >= 11 is 5.52. The topological polar surface area (TPSA) is 6.48 Å². The van der Waals surface area contributed by atoms with Gasteiger partial charge in [-0.15, -0.1) is 11.6 Å². The smallest absolute Gasteiger partial charge is 0.0941 e. The molecule has 0 unspecified atom stereocenters. The van der Waals surface area contributed by atoms with E-state index < -0.39 is 0 Å². The maximum Gasteiger partial charge on any atom is 0.0941 e. The summed E-state index contributed by atoms with van der Waals surface area (Å²) < 4.78 is 0. The highest BCUT2D eigenvalue weighted by Crippen LogP contribution is 2.02. The van der Waals surface area contributed by atoms with Crippen LogP contribution in [0.2, 0.25) is 0 Å². The lowest BCUT2D eigenvalue weighted by Crippen LogP contribution is -2.20. The van der Waals surface area contributed by atoms with E-state index in [0.29, 0.717) is 6.00 Å². The zero-order valence-corrected chi connectivity index (χ0v) is 5.60. The second-order valence-corrected chi connectivity index (χ2v) is 2.14. The van der Waals surface area contributed by atoms with Crippen molar-refractivity contribution in [3.63, 3.8) is 0 Å². The van der Waals surface area contributed by atoms with Crippen LogP contribution in [0.1, 0.15) is 0 Å². The predicted octanol–water partition coefficient (Wildman–Crippen LogP) is 0.859. The number of hydrogen-bond acceptors (Lipinski definition) is 2. The molecule has 46 valence electrons. The Morgan fingerprint density at radius 3 is 2.62 bits per heavy atom. The molecule has 0 radical (unpaired) electrons. The van der Waals surface area contributed by atoms with Crippen LogP contribution in [0.25, 0.3) is 0 Å². The van der Waals surface area contributed by atoms with Crippen LogP contribution in [-0.2, 0) is 0 Å².